The highest BCUT2D eigenvalue weighted by Crippen LogP contribution is 2.30. The number of anilines is 1. The molecule has 5 rings (SSSR count). The van der Waals surface area contributed by atoms with Crippen molar-refractivity contribution in [1.82, 2.24) is 19.5 Å². The zero-order chi connectivity index (χ0) is 22.9. The predicted molar refractivity (Wildman–Crippen MR) is 120 cm³/mol. The standard InChI is InChI=1S/C24H25N5O4/c1-33-24(32)16-7-9-19(10-8-16)29-15-18(13-21(29)30)23(31)27-11-4-5-17(14-27)22-26-25-20-6-2-3-12-28(20)22/h2-3,6-10,12,17-18H,4-5,11,13-15H2,1H3/t17-,18-/m1/s1. The number of amides is 2. The highest BCUT2D eigenvalue weighted by atomic mass is 16.5. The monoisotopic (exact) mass is 447 g/mol. The molecule has 9 nitrogen and oxygen atoms in total. The zero-order valence-corrected chi connectivity index (χ0v) is 18.4. The second-order valence-electron chi connectivity index (χ2n) is 8.55. The van der Waals surface area contributed by atoms with Crippen molar-refractivity contribution in [3.8, 4) is 0 Å². The van der Waals surface area contributed by atoms with Crippen LogP contribution in [0.4, 0.5) is 5.69 Å². The molecule has 2 aliphatic heterocycles. The third-order valence-corrected chi connectivity index (χ3v) is 6.51. The van der Waals surface area contributed by atoms with E-state index in [-0.39, 0.29) is 30.1 Å². The van der Waals surface area contributed by atoms with Gasteiger partial charge in [0.25, 0.3) is 0 Å². The van der Waals surface area contributed by atoms with Crippen LogP contribution < -0.4 is 4.90 Å². The number of fused-ring (bicyclic) bond motifs is 1. The van der Waals surface area contributed by atoms with Gasteiger partial charge in [0.1, 0.15) is 5.82 Å². The van der Waals surface area contributed by atoms with Crippen molar-refractivity contribution < 1.29 is 19.1 Å². The molecular formula is C24H25N5O4. The smallest absolute Gasteiger partial charge is 0.337 e. The maximum atomic E-state index is 13.3. The molecule has 0 unspecified atom stereocenters. The summed E-state index contributed by atoms with van der Waals surface area (Å²) in [6, 6.07) is 12.5. The summed E-state index contributed by atoms with van der Waals surface area (Å²) in [6.07, 6.45) is 3.97. The molecule has 9 heteroatoms. The van der Waals surface area contributed by atoms with Crippen molar-refractivity contribution in [2.45, 2.75) is 25.2 Å². The summed E-state index contributed by atoms with van der Waals surface area (Å²) < 4.78 is 6.70. The first-order valence-electron chi connectivity index (χ1n) is 11.1. The number of aromatic nitrogens is 3. The second-order valence-corrected chi connectivity index (χ2v) is 8.55. The summed E-state index contributed by atoms with van der Waals surface area (Å²) in [5.74, 6) is 0.0953. The van der Waals surface area contributed by atoms with E-state index in [0.29, 0.717) is 30.9 Å². The summed E-state index contributed by atoms with van der Waals surface area (Å²) >= 11 is 0. The molecule has 2 atom stereocenters. The molecule has 2 fully saturated rings. The summed E-state index contributed by atoms with van der Waals surface area (Å²) in [7, 11) is 1.33. The van der Waals surface area contributed by atoms with Crippen LogP contribution in [-0.4, -0.2) is 64.0 Å². The van der Waals surface area contributed by atoms with Gasteiger partial charge in [-0.15, -0.1) is 10.2 Å². The second kappa shape index (κ2) is 8.65. The number of ether oxygens (including phenoxy) is 1. The molecule has 0 N–H and O–H groups in total. The predicted octanol–water partition coefficient (Wildman–Crippen LogP) is 2.28. The van der Waals surface area contributed by atoms with Gasteiger partial charge in [0.15, 0.2) is 5.65 Å². The van der Waals surface area contributed by atoms with Gasteiger partial charge >= 0.3 is 5.97 Å². The van der Waals surface area contributed by atoms with Gasteiger partial charge in [0.05, 0.1) is 18.6 Å². The van der Waals surface area contributed by atoms with Gasteiger partial charge in [0, 0.05) is 43.9 Å². The highest BCUT2D eigenvalue weighted by Gasteiger charge is 2.39. The van der Waals surface area contributed by atoms with E-state index >= 15 is 0 Å². The molecule has 2 aromatic heterocycles. The number of nitrogens with zero attached hydrogens (tertiary/aromatic N) is 5. The van der Waals surface area contributed by atoms with Crippen molar-refractivity contribution in [2.75, 3.05) is 31.6 Å². The number of methoxy groups -OCH3 is 1. The Kier molecular flexibility index (Phi) is 5.53. The largest absolute Gasteiger partial charge is 0.465 e. The van der Waals surface area contributed by atoms with Crippen LogP contribution in [-0.2, 0) is 14.3 Å². The summed E-state index contributed by atoms with van der Waals surface area (Å²) in [6.45, 7) is 1.60. The number of hydrogen-bond donors (Lipinski definition) is 0. The van der Waals surface area contributed by atoms with Crippen molar-refractivity contribution in [1.29, 1.82) is 0 Å². The fraction of sp³-hybridized carbons (Fsp3) is 0.375. The molecule has 0 radical (unpaired) electrons. The number of pyridine rings is 1. The summed E-state index contributed by atoms with van der Waals surface area (Å²) in [5.41, 5.74) is 1.89. The van der Waals surface area contributed by atoms with E-state index in [2.05, 4.69) is 10.2 Å². The minimum atomic E-state index is -0.428. The molecule has 0 bridgehead atoms. The van der Waals surface area contributed by atoms with Crippen molar-refractivity contribution >= 4 is 29.1 Å². The topological polar surface area (TPSA) is 97.1 Å². The number of piperidine rings is 1. The summed E-state index contributed by atoms with van der Waals surface area (Å²) in [4.78, 5) is 41.2. The number of hydrogen-bond acceptors (Lipinski definition) is 6. The Balaban J connectivity index is 1.27. The fourth-order valence-corrected chi connectivity index (χ4v) is 4.80. The molecule has 170 valence electrons. The van der Waals surface area contributed by atoms with E-state index in [4.69, 9.17) is 4.74 Å². The molecule has 0 saturated carbocycles. The van der Waals surface area contributed by atoms with Gasteiger partial charge in [-0.1, -0.05) is 6.07 Å². The van der Waals surface area contributed by atoms with Crippen LogP contribution in [0.25, 0.3) is 5.65 Å². The molecule has 2 saturated heterocycles. The lowest BCUT2D eigenvalue weighted by Crippen LogP contribution is -2.43. The minimum absolute atomic E-state index is 0.00977. The van der Waals surface area contributed by atoms with Gasteiger partial charge in [-0.2, -0.15) is 0 Å². The number of benzene rings is 1. The van der Waals surface area contributed by atoms with E-state index < -0.39 is 5.97 Å². The van der Waals surface area contributed by atoms with Gasteiger partial charge in [-0.05, 0) is 49.2 Å². The van der Waals surface area contributed by atoms with E-state index in [1.54, 1.807) is 29.2 Å². The first-order chi connectivity index (χ1) is 16.0. The molecule has 33 heavy (non-hydrogen) atoms. The Bertz CT molecular complexity index is 1210. The van der Waals surface area contributed by atoms with Gasteiger partial charge in [-0.3, -0.25) is 14.0 Å². The van der Waals surface area contributed by atoms with Crippen LogP contribution in [0.15, 0.2) is 48.7 Å². The molecule has 0 aliphatic carbocycles. The van der Waals surface area contributed by atoms with E-state index in [0.717, 1.165) is 24.3 Å². The Morgan fingerprint density at radius 1 is 1.06 bits per heavy atom. The molecule has 3 aromatic rings. The van der Waals surface area contributed by atoms with Crippen LogP contribution in [0.5, 0.6) is 0 Å². The molecular weight excluding hydrogens is 422 g/mol. The lowest BCUT2D eigenvalue weighted by atomic mass is 9.95. The average Bonchev–Trinajstić information content (AvgIpc) is 3.47. The number of likely N-dealkylation sites (tertiary alicyclic amines) is 1. The normalized spacial score (nSPS) is 20.9. The van der Waals surface area contributed by atoms with Crippen molar-refractivity contribution in [2.24, 2.45) is 5.92 Å². The van der Waals surface area contributed by atoms with Crippen molar-refractivity contribution in [3.05, 3.63) is 60.0 Å². The fourth-order valence-electron chi connectivity index (χ4n) is 4.80. The Morgan fingerprint density at radius 2 is 1.88 bits per heavy atom. The molecule has 2 aliphatic rings. The Labute approximate surface area is 190 Å². The lowest BCUT2D eigenvalue weighted by molar-refractivity contribution is -0.137. The third kappa shape index (κ3) is 3.94. The highest BCUT2D eigenvalue weighted by molar-refractivity contribution is 6.00. The molecule has 0 spiro atoms. The molecule has 4 heterocycles. The quantitative estimate of drug-likeness (QED) is 0.569. The zero-order valence-electron chi connectivity index (χ0n) is 18.4. The van der Waals surface area contributed by atoms with Gasteiger partial charge in [0.2, 0.25) is 11.8 Å². The van der Waals surface area contributed by atoms with E-state index in [1.807, 2.05) is 33.7 Å². The van der Waals surface area contributed by atoms with Gasteiger partial charge in [-0.25, -0.2) is 4.79 Å². The first-order valence-corrected chi connectivity index (χ1v) is 11.1. The maximum Gasteiger partial charge on any atom is 0.337 e. The third-order valence-electron chi connectivity index (χ3n) is 6.51. The van der Waals surface area contributed by atoms with Gasteiger partial charge < -0.3 is 14.5 Å². The van der Waals surface area contributed by atoms with Crippen LogP contribution in [0.3, 0.4) is 0 Å². The average molecular weight is 447 g/mol. The molecule has 2 amide bonds. The first kappa shape index (κ1) is 21.1. The van der Waals surface area contributed by atoms with Crippen molar-refractivity contribution in [3.63, 3.8) is 0 Å². The lowest BCUT2D eigenvalue weighted by Gasteiger charge is -2.33. The Morgan fingerprint density at radius 3 is 2.67 bits per heavy atom. The van der Waals surface area contributed by atoms with E-state index in [9.17, 15) is 14.4 Å². The summed E-state index contributed by atoms with van der Waals surface area (Å²) in [5, 5.41) is 8.63. The van der Waals surface area contributed by atoms with Crippen LogP contribution in [0.2, 0.25) is 0 Å². The minimum Gasteiger partial charge on any atom is -0.465 e. The number of carbonyl (C=O) groups is 3. The SMILES string of the molecule is COC(=O)c1ccc(N2C[C@H](C(=O)N3CCC[C@@H](c4nnc5ccccn45)C3)CC2=O)cc1. The number of rotatable bonds is 4. The number of carbonyl (C=O) groups excluding carboxylic acids is 3. The van der Waals surface area contributed by atoms with Crippen LogP contribution in [0, 0.1) is 5.92 Å². The van der Waals surface area contributed by atoms with E-state index in [1.165, 1.54) is 7.11 Å². The number of esters is 1. The van der Waals surface area contributed by atoms with Crippen LogP contribution in [0.1, 0.15) is 41.4 Å². The maximum absolute atomic E-state index is 13.3. The van der Waals surface area contributed by atoms with Crippen LogP contribution >= 0.6 is 0 Å². The molecule has 1 aromatic carbocycles. The Hall–Kier alpha value is -3.75.